The fraction of sp³-hybridized carbons (Fsp3) is 1.00. The van der Waals surface area contributed by atoms with Gasteiger partial charge in [-0.15, -0.1) is 0 Å². The van der Waals surface area contributed by atoms with E-state index in [2.05, 4.69) is 27.7 Å². The normalized spacial score (nSPS) is 15.0. The van der Waals surface area contributed by atoms with Gasteiger partial charge in [-0.05, 0) is 19.3 Å². The fourth-order valence-electron chi connectivity index (χ4n) is 1.12. The summed E-state index contributed by atoms with van der Waals surface area (Å²) in [6.45, 7) is 12.8. The molecule has 1 nitrogen and oxygen atoms in total. The van der Waals surface area contributed by atoms with Crippen molar-refractivity contribution in [3.63, 3.8) is 0 Å². The Kier molecular flexibility index (Phi) is 9.17. The van der Waals surface area contributed by atoms with Crippen LogP contribution in [0.3, 0.4) is 0 Å². The van der Waals surface area contributed by atoms with Gasteiger partial charge in [0.15, 0.2) is 0 Å². The first-order valence-corrected chi connectivity index (χ1v) is 5.12. The highest BCUT2D eigenvalue weighted by atomic mass is 16.5. The second-order valence-corrected chi connectivity index (χ2v) is 3.42. The Labute approximate surface area is 78.5 Å². The van der Waals surface area contributed by atoms with E-state index < -0.39 is 0 Å². The molecule has 76 valence electrons. The van der Waals surface area contributed by atoms with Crippen molar-refractivity contribution in [2.24, 2.45) is 5.92 Å². The van der Waals surface area contributed by atoms with Crippen LogP contribution < -0.4 is 0 Å². The molecule has 0 heterocycles. The molecule has 0 saturated heterocycles. The Balaban J connectivity index is 0. The summed E-state index contributed by atoms with van der Waals surface area (Å²) in [6.07, 6.45) is 2.35. The summed E-state index contributed by atoms with van der Waals surface area (Å²) in [5.41, 5.74) is 0.0920. The van der Waals surface area contributed by atoms with Gasteiger partial charge in [0.05, 0.1) is 5.60 Å². The highest BCUT2D eigenvalue weighted by Crippen LogP contribution is 2.25. The van der Waals surface area contributed by atoms with Crippen molar-refractivity contribution < 1.29 is 4.74 Å². The molecule has 12 heavy (non-hydrogen) atoms. The molecule has 0 bridgehead atoms. The lowest BCUT2D eigenvalue weighted by Crippen LogP contribution is -2.33. The van der Waals surface area contributed by atoms with E-state index in [1.54, 1.807) is 7.11 Å². The molecule has 0 aliphatic heterocycles. The monoisotopic (exact) mass is 174 g/mol. The minimum absolute atomic E-state index is 0.0920. The van der Waals surface area contributed by atoms with Gasteiger partial charge in [-0.2, -0.15) is 0 Å². The lowest BCUT2D eigenvalue weighted by atomic mass is 9.88. The summed E-state index contributed by atoms with van der Waals surface area (Å²) in [4.78, 5) is 0. The third-order valence-corrected chi connectivity index (χ3v) is 2.43. The van der Waals surface area contributed by atoms with Crippen molar-refractivity contribution in [1.29, 1.82) is 0 Å². The molecule has 0 aromatic heterocycles. The average molecular weight is 174 g/mol. The second kappa shape index (κ2) is 7.60. The molecule has 0 aliphatic carbocycles. The molecule has 0 fully saturated rings. The van der Waals surface area contributed by atoms with Crippen LogP contribution in [-0.4, -0.2) is 12.7 Å². The third kappa shape index (κ3) is 4.76. The van der Waals surface area contributed by atoms with E-state index in [4.69, 9.17) is 4.74 Å². The highest BCUT2D eigenvalue weighted by molar-refractivity contribution is 4.77. The minimum atomic E-state index is 0.0920. The number of hydrogen-bond acceptors (Lipinski definition) is 1. The number of ether oxygens (including phenoxy) is 1. The minimum Gasteiger partial charge on any atom is -0.378 e. The molecule has 0 aliphatic rings. The van der Waals surface area contributed by atoms with Gasteiger partial charge in [-0.25, -0.2) is 0 Å². The molecular formula is C11H26O. The molecular weight excluding hydrogens is 148 g/mol. The summed E-state index contributed by atoms with van der Waals surface area (Å²) in [5, 5.41) is 0. The van der Waals surface area contributed by atoms with E-state index in [1.165, 1.54) is 6.42 Å². The van der Waals surface area contributed by atoms with E-state index in [9.17, 15) is 0 Å². The van der Waals surface area contributed by atoms with Crippen molar-refractivity contribution in [2.75, 3.05) is 7.11 Å². The van der Waals surface area contributed by atoms with E-state index in [-0.39, 0.29) is 5.60 Å². The summed E-state index contributed by atoms with van der Waals surface area (Å²) in [6, 6.07) is 0. The van der Waals surface area contributed by atoms with Crippen LogP contribution in [0.1, 0.15) is 54.4 Å². The van der Waals surface area contributed by atoms with Crippen LogP contribution in [0, 0.1) is 5.92 Å². The molecule has 1 unspecified atom stereocenters. The van der Waals surface area contributed by atoms with Crippen LogP contribution in [-0.2, 0) is 4.74 Å². The van der Waals surface area contributed by atoms with Crippen LogP contribution >= 0.6 is 0 Å². The van der Waals surface area contributed by atoms with Crippen LogP contribution in [0.2, 0.25) is 0 Å². The van der Waals surface area contributed by atoms with Gasteiger partial charge in [0, 0.05) is 7.11 Å². The summed E-state index contributed by atoms with van der Waals surface area (Å²) in [7, 11) is 1.80. The predicted octanol–water partition coefficient (Wildman–Crippen LogP) is 3.87. The van der Waals surface area contributed by atoms with Gasteiger partial charge in [-0.1, -0.05) is 41.0 Å². The van der Waals surface area contributed by atoms with Gasteiger partial charge in [0.25, 0.3) is 0 Å². The molecule has 0 aromatic carbocycles. The first-order chi connectivity index (χ1) is 5.56. The molecule has 1 heteroatoms. The van der Waals surface area contributed by atoms with Gasteiger partial charge >= 0.3 is 0 Å². The Hall–Kier alpha value is -0.0400. The van der Waals surface area contributed by atoms with Crippen LogP contribution in [0.25, 0.3) is 0 Å². The maximum atomic E-state index is 5.44. The lowest BCUT2D eigenvalue weighted by molar-refractivity contribution is -0.0390. The first kappa shape index (κ1) is 14.5. The topological polar surface area (TPSA) is 9.23 Å². The zero-order valence-corrected chi connectivity index (χ0v) is 9.90. The van der Waals surface area contributed by atoms with E-state index in [0.29, 0.717) is 5.92 Å². The molecule has 0 amide bonds. The van der Waals surface area contributed by atoms with Gasteiger partial charge in [-0.3, -0.25) is 0 Å². The maximum absolute atomic E-state index is 5.44. The average Bonchev–Trinajstić information content (AvgIpc) is 2.08. The van der Waals surface area contributed by atoms with Crippen LogP contribution in [0.4, 0.5) is 0 Å². The standard InChI is InChI=1S/C9H20O.C2H6/c1-6-7-9(4,10-5)8(2)3;1-2/h8H,6-7H2,1-5H3;1-2H3. The van der Waals surface area contributed by atoms with Crippen LogP contribution in [0.5, 0.6) is 0 Å². The molecule has 0 aromatic rings. The smallest absolute Gasteiger partial charge is 0.0673 e. The van der Waals surface area contributed by atoms with Crippen molar-refractivity contribution in [3.8, 4) is 0 Å². The fourth-order valence-corrected chi connectivity index (χ4v) is 1.12. The lowest BCUT2D eigenvalue weighted by Gasteiger charge is -2.31. The Bertz CT molecular complexity index is 89.0. The molecule has 1 atom stereocenters. The Morgan fingerprint density at radius 3 is 1.75 bits per heavy atom. The zero-order valence-electron chi connectivity index (χ0n) is 9.90. The number of methoxy groups -OCH3 is 1. The summed E-state index contributed by atoms with van der Waals surface area (Å²) in [5.74, 6) is 0.609. The highest BCUT2D eigenvalue weighted by Gasteiger charge is 2.26. The maximum Gasteiger partial charge on any atom is 0.0673 e. The van der Waals surface area contributed by atoms with Crippen molar-refractivity contribution in [3.05, 3.63) is 0 Å². The molecule has 0 radical (unpaired) electrons. The van der Waals surface area contributed by atoms with Gasteiger partial charge < -0.3 is 4.74 Å². The van der Waals surface area contributed by atoms with Gasteiger partial charge in [0.2, 0.25) is 0 Å². The number of hydrogen-bond donors (Lipinski definition) is 0. The molecule has 0 rings (SSSR count). The van der Waals surface area contributed by atoms with Crippen molar-refractivity contribution in [2.45, 2.75) is 60.0 Å². The zero-order chi connectivity index (χ0) is 10.2. The first-order valence-electron chi connectivity index (χ1n) is 5.12. The Morgan fingerprint density at radius 1 is 1.25 bits per heavy atom. The van der Waals surface area contributed by atoms with Crippen LogP contribution in [0.15, 0.2) is 0 Å². The van der Waals surface area contributed by atoms with Gasteiger partial charge in [0.1, 0.15) is 0 Å². The summed E-state index contributed by atoms with van der Waals surface area (Å²) >= 11 is 0. The SMILES string of the molecule is CC.CCCC(C)(OC)C(C)C. The van der Waals surface area contributed by atoms with E-state index in [0.717, 1.165) is 6.42 Å². The quantitative estimate of drug-likeness (QED) is 0.628. The molecule has 0 spiro atoms. The second-order valence-electron chi connectivity index (χ2n) is 3.42. The number of rotatable bonds is 4. The predicted molar refractivity (Wildman–Crippen MR) is 56.5 cm³/mol. The molecule has 0 N–H and O–H groups in total. The van der Waals surface area contributed by atoms with Crippen molar-refractivity contribution in [1.82, 2.24) is 0 Å². The van der Waals surface area contributed by atoms with E-state index in [1.807, 2.05) is 13.8 Å². The van der Waals surface area contributed by atoms with Crippen molar-refractivity contribution >= 4 is 0 Å². The summed E-state index contributed by atoms with van der Waals surface area (Å²) < 4.78 is 5.44. The Morgan fingerprint density at radius 2 is 1.67 bits per heavy atom. The third-order valence-electron chi connectivity index (χ3n) is 2.43. The molecule has 0 saturated carbocycles. The largest absolute Gasteiger partial charge is 0.378 e. The van der Waals surface area contributed by atoms with E-state index >= 15 is 0 Å².